The second kappa shape index (κ2) is 2.72. The van der Waals surface area contributed by atoms with Crippen molar-refractivity contribution in [3.05, 3.63) is 27.0 Å². The Labute approximate surface area is 77.6 Å². The molecule has 2 heterocycles. The molecule has 0 aromatic carbocycles. The third-order valence-corrected chi connectivity index (χ3v) is 2.05. The molecule has 0 aliphatic rings. The first kappa shape index (κ1) is 8.54. The van der Waals surface area contributed by atoms with Crippen molar-refractivity contribution in [1.82, 2.24) is 24.5 Å². The average molecular weight is 193 g/mol. The summed E-state index contributed by atoms with van der Waals surface area (Å²) in [5.41, 5.74) is -0.596. The molecule has 0 atom stereocenters. The number of hydrogen-bond acceptors (Lipinski definition) is 5. The maximum atomic E-state index is 11.5. The molecule has 0 radical (unpaired) electrons. The van der Waals surface area contributed by atoms with Gasteiger partial charge in [0.2, 0.25) is 0 Å². The molecule has 7 nitrogen and oxygen atoms in total. The topological polar surface area (TPSA) is 82.7 Å². The van der Waals surface area contributed by atoms with E-state index in [9.17, 15) is 9.59 Å². The maximum Gasteiger partial charge on any atom is 0.332 e. The van der Waals surface area contributed by atoms with Gasteiger partial charge < -0.3 is 0 Å². The Morgan fingerprint density at radius 3 is 2.64 bits per heavy atom. The van der Waals surface area contributed by atoms with Crippen molar-refractivity contribution in [1.29, 1.82) is 0 Å². The predicted octanol–water partition coefficient (Wildman–Crippen LogP) is -1.58. The van der Waals surface area contributed by atoms with E-state index >= 15 is 0 Å². The highest BCUT2D eigenvalue weighted by molar-refractivity contribution is 5.71. The predicted molar refractivity (Wildman–Crippen MR) is 47.8 cm³/mol. The fourth-order valence-electron chi connectivity index (χ4n) is 1.25. The minimum atomic E-state index is -0.428. The minimum absolute atomic E-state index is 0.244. The van der Waals surface area contributed by atoms with Crippen LogP contribution in [-0.2, 0) is 14.1 Å². The number of rotatable bonds is 0. The van der Waals surface area contributed by atoms with Gasteiger partial charge in [-0.1, -0.05) is 0 Å². The Bertz CT molecular complexity index is 611. The van der Waals surface area contributed by atoms with Gasteiger partial charge in [-0.2, -0.15) is 0 Å². The van der Waals surface area contributed by atoms with E-state index in [1.165, 1.54) is 24.9 Å². The third kappa shape index (κ3) is 0.951. The summed E-state index contributed by atoms with van der Waals surface area (Å²) in [6.45, 7) is 0. The fourth-order valence-corrected chi connectivity index (χ4v) is 1.25. The number of aryl methyl sites for hydroxylation is 1. The van der Waals surface area contributed by atoms with Gasteiger partial charge in [0.15, 0.2) is 5.65 Å². The van der Waals surface area contributed by atoms with Gasteiger partial charge in [0, 0.05) is 14.1 Å². The van der Waals surface area contributed by atoms with Gasteiger partial charge in [-0.25, -0.2) is 4.79 Å². The van der Waals surface area contributed by atoms with E-state index < -0.39 is 11.2 Å². The van der Waals surface area contributed by atoms with Crippen LogP contribution < -0.4 is 11.2 Å². The van der Waals surface area contributed by atoms with Crippen LogP contribution in [0.2, 0.25) is 0 Å². The summed E-state index contributed by atoms with van der Waals surface area (Å²) < 4.78 is 2.26. The van der Waals surface area contributed by atoms with Crippen molar-refractivity contribution in [3.63, 3.8) is 0 Å². The van der Waals surface area contributed by atoms with Crippen molar-refractivity contribution in [2.45, 2.75) is 0 Å². The minimum Gasteiger partial charge on any atom is -0.279 e. The number of aromatic nitrogens is 5. The highest BCUT2D eigenvalue weighted by atomic mass is 16.2. The van der Waals surface area contributed by atoms with Crippen molar-refractivity contribution in [2.24, 2.45) is 14.1 Å². The number of nitrogens with zero attached hydrogens (tertiary/aromatic N) is 5. The lowest BCUT2D eigenvalue weighted by Gasteiger charge is -2.03. The average Bonchev–Trinajstić information content (AvgIpc) is 2.23. The molecule has 14 heavy (non-hydrogen) atoms. The fraction of sp³-hybridized carbons (Fsp3) is 0.286. The SMILES string of the molecule is Cn1c(=O)c2cnnnc2n(C)c1=O. The van der Waals surface area contributed by atoms with E-state index in [0.717, 1.165) is 4.57 Å². The molecule has 72 valence electrons. The van der Waals surface area contributed by atoms with Crippen molar-refractivity contribution in [2.75, 3.05) is 0 Å². The van der Waals surface area contributed by atoms with Gasteiger partial charge in [-0.3, -0.25) is 13.9 Å². The molecule has 0 N–H and O–H groups in total. The summed E-state index contributed by atoms with van der Waals surface area (Å²) in [6, 6.07) is 0. The molecule has 0 bridgehead atoms. The highest BCUT2D eigenvalue weighted by Gasteiger charge is 2.08. The molecule has 2 aromatic heterocycles. The Balaban J connectivity index is 3.19. The maximum absolute atomic E-state index is 11.5. The summed E-state index contributed by atoms with van der Waals surface area (Å²) in [6.07, 6.45) is 1.30. The van der Waals surface area contributed by atoms with Crippen molar-refractivity contribution < 1.29 is 0 Å². The lowest BCUT2D eigenvalue weighted by Crippen LogP contribution is -2.37. The standard InChI is InChI=1S/C7H7N5O2/c1-11-5-4(3-8-10-9-5)6(13)12(2)7(11)14/h3H,1-2H3. The number of fused-ring (bicyclic) bond motifs is 1. The van der Waals surface area contributed by atoms with E-state index in [0.29, 0.717) is 0 Å². The van der Waals surface area contributed by atoms with Crippen molar-refractivity contribution >= 4 is 11.0 Å². The molecule has 0 fully saturated rings. The number of hydrogen-bond donors (Lipinski definition) is 0. The zero-order valence-electron chi connectivity index (χ0n) is 7.63. The van der Waals surface area contributed by atoms with Crippen LogP contribution in [0.4, 0.5) is 0 Å². The lowest BCUT2D eigenvalue weighted by atomic mass is 10.4. The quantitative estimate of drug-likeness (QED) is 0.504. The molecule has 0 unspecified atom stereocenters. The summed E-state index contributed by atoms with van der Waals surface area (Å²) in [5, 5.41) is 10.8. The van der Waals surface area contributed by atoms with Gasteiger partial charge in [-0.15, -0.1) is 10.2 Å². The van der Waals surface area contributed by atoms with Crippen molar-refractivity contribution in [3.8, 4) is 0 Å². The van der Waals surface area contributed by atoms with E-state index in [4.69, 9.17) is 0 Å². The van der Waals surface area contributed by atoms with Crippen LogP contribution in [0, 0.1) is 0 Å². The first-order valence-electron chi connectivity index (χ1n) is 3.87. The molecule has 2 rings (SSSR count). The Kier molecular flexibility index (Phi) is 1.66. The molecule has 0 saturated carbocycles. The molecular weight excluding hydrogens is 186 g/mol. The van der Waals surface area contributed by atoms with E-state index in [-0.39, 0.29) is 11.0 Å². The molecular formula is C7H7N5O2. The Morgan fingerprint density at radius 1 is 1.21 bits per heavy atom. The van der Waals surface area contributed by atoms with Gasteiger partial charge in [0.05, 0.1) is 6.20 Å². The van der Waals surface area contributed by atoms with Crippen LogP contribution in [0.25, 0.3) is 11.0 Å². The third-order valence-electron chi connectivity index (χ3n) is 2.05. The van der Waals surface area contributed by atoms with Crippen LogP contribution in [0.5, 0.6) is 0 Å². The highest BCUT2D eigenvalue weighted by Crippen LogP contribution is 1.97. The summed E-state index contributed by atoms with van der Waals surface area (Å²) in [7, 11) is 2.93. The van der Waals surface area contributed by atoms with Crippen LogP contribution in [-0.4, -0.2) is 24.5 Å². The Hall–Kier alpha value is -2.05. The Morgan fingerprint density at radius 2 is 1.93 bits per heavy atom. The monoisotopic (exact) mass is 193 g/mol. The van der Waals surface area contributed by atoms with Gasteiger partial charge in [0.1, 0.15) is 5.39 Å². The summed E-state index contributed by atoms with van der Waals surface area (Å²) in [4.78, 5) is 23.0. The van der Waals surface area contributed by atoms with E-state index in [2.05, 4.69) is 15.4 Å². The van der Waals surface area contributed by atoms with Crippen LogP contribution in [0.1, 0.15) is 0 Å². The van der Waals surface area contributed by atoms with Gasteiger partial charge >= 0.3 is 5.69 Å². The molecule has 0 aliphatic carbocycles. The molecule has 0 saturated heterocycles. The first-order valence-corrected chi connectivity index (χ1v) is 3.87. The van der Waals surface area contributed by atoms with Crippen LogP contribution in [0.3, 0.4) is 0 Å². The van der Waals surface area contributed by atoms with E-state index in [1.807, 2.05) is 0 Å². The second-order valence-electron chi connectivity index (χ2n) is 2.88. The largest absolute Gasteiger partial charge is 0.332 e. The molecule has 7 heteroatoms. The van der Waals surface area contributed by atoms with E-state index in [1.54, 1.807) is 0 Å². The molecule has 2 aromatic rings. The smallest absolute Gasteiger partial charge is 0.279 e. The zero-order valence-corrected chi connectivity index (χ0v) is 7.63. The molecule has 0 aliphatic heterocycles. The summed E-state index contributed by atoms with van der Waals surface area (Å²) in [5.74, 6) is 0. The second-order valence-corrected chi connectivity index (χ2v) is 2.88. The summed E-state index contributed by atoms with van der Waals surface area (Å²) >= 11 is 0. The van der Waals surface area contributed by atoms with Gasteiger partial charge in [0.25, 0.3) is 5.56 Å². The van der Waals surface area contributed by atoms with Crippen LogP contribution >= 0.6 is 0 Å². The first-order chi connectivity index (χ1) is 6.63. The molecule has 0 spiro atoms. The molecule has 0 amide bonds. The zero-order chi connectivity index (χ0) is 10.3. The normalized spacial score (nSPS) is 10.7. The van der Waals surface area contributed by atoms with Gasteiger partial charge in [-0.05, 0) is 5.21 Å². The van der Waals surface area contributed by atoms with Crippen LogP contribution in [0.15, 0.2) is 15.8 Å². The lowest BCUT2D eigenvalue weighted by molar-refractivity contribution is 0.696.